The zero-order valence-electron chi connectivity index (χ0n) is 10.7. The Morgan fingerprint density at radius 3 is 2.24 bits per heavy atom. The van der Waals surface area contributed by atoms with E-state index in [-0.39, 0.29) is 6.10 Å². The predicted octanol–water partition coefficient (Wildman–Crippen LogP) is -1.48. The second kappa shape index (κ2) is 6.15. The van der Waals surface area contributed by atoms with E-state index in [1.54, 1.807) is 9.80 Å². The fraction of sp³-hybridized carbons (Fsp3) is 0.571. The van der Waals surface area contributed by atoms with Crippen molar-refractivity contribution in [3.63, 3.8) is 0 Å². The molecular formula is C14H24N2O+2. The van der Waals surface area contributed by atoms with Crippen LogP contribution >= 0.6 is 0 Å². The van der Waals surface area contributed by atoms with Gasteiger partial charge in [0.05, 0.1) is 6.54 Å². The van der Waals surface area contributed by atoms with Crippen LogP contribution in [0.5, 0.6) is 0 Å². The molecule has 1 heterocycles. The summed E-state index contributed by atoms with van der Waals surface area (Å²) < 4.78 is 0. The minimum atomic E-state index is -0.311. The maximum atomic E-state index is 10.2. The molecule has 3 nitrogen and oxygen atoms in total. The van der Waals surface area contributed by atoms with Crippen molar-refractivity contribution >= 4 is 0 Å². The van der Waals surface area contributed by atoms with Gasteiger partial charge in [0, 0.05) is 0 Å². The van der Waals surface area contributed by atoms with Crippen molar-refractivity contribution in [3.05, 3.63) is 35.9 Å². The molecule has 17 heavy (non-hydrogen) atoms. The molecule has 0 aromatic heterocycles. The van der Waals surface area contributed by atoms with Crippen LogP contribution in [0.1, 0.15) is 18.6 Å². The number of aliphatic hydroxyl groups is 1. The number of quaternary nitrogens is 2. The number of likely N-dealkylation sites (N-methyl/N-ethyl adjacent to an activating group) is 1. The number of rotatable bonds is 4. The van der Waals surface area contributed by atoms with E-state index in [0.717, 1.165) is 12.1 Å². The summed E-state index contributed by atoms with van der Waals surface area (Å²) in [5.41, 5.74) is 1.05. The maximum Gasteiger partial charge on any atom is 0.128 e. The lowest BCUT2D eigenvalue weighted by molar-refractivity contribution is -1.01. The van der Waals surface area contributed by atoms with Gasteiger partial charge in [-0.25, -0.2) is 0 Å². The molecule has 1 aliphatic rings. The van der Waals surface area contributed by atoms with E-state index >= 15 is 0 Å². The summed E-state index contributed by atoms with van der Waals surface area (Å²) in [6, 6.07) is 10.0. The Labute approximate surface area is 104 Å². The number of hydrogen-bond acceptors (Lipinski definition) is 1. The van der Waals surface area contributed by atoms with Crippen molar-refractivity contribution in [1.29, 1.82) is 0 Å². The molecule has 0 amide bonds. The smallest absolute Gasteiger partial charge is 0.128 e. The summed E-state index contributed by atoms with van der Waals surface area (Å²) in [7, 11) is 0. The number of aliphatic hydroxyl groups excluding tert-OH is 1. The van der Waals surface area contributed by atoms with Crippen molar-refractivity contribution in [2.24, 2.45) is 0 Å². The average molecular weight is 236 g/mol. The van der Waals surface area contributed by atoms with Crippen molar-refractivity contribution < 1.29 is 14.9 Å². The highest BCUT2D eigenvalue weighted by Gasteiger charge is 2.24. The topological polar surface area (TPSA) is 29.1 Å². The fourth-order valence-corrected chi connectivity index (χ4v) is 2.58. The van der Waals surface area contributed by atoms with Gasteiger partial charge in [0.2, 0.25) is 0 Å². The monoisotopic (exact) mass is 236 g/mol. The number of piperazine rings is 1. The van der Waals surface area contributed by atoms with Gasteiger partial charge < -0.3 is 14.9 Å². The molecule has 0 radical (unpaired) electrons. The number of benzene rings is 1. The van der Waals surface area contributed by atoms with Gasteiger partial charge >= 0.3 is 0 Å². The first-order valence-corrected chi connectivity index (χ1v) is 6.69. The van der Waals surface area contributed by atoms with Crippen LogP contribution in [0.25, 0.3) is 0 Å². The Kier molecular flexibility index (Phi) is 4.54. The van der Waals surface area contributed by atoms with Gasteiger partial charge in [-0.1, -0.05) is 30.3 Å². The van der Waals surface area contributed by atoms with Gasteiger partial charge in [0.15, 0.2) is 0 Å². The molecule has 1 aromatic rings. The second-order valence-electron chi connectivity index (χ2n) is 4.98. The third-order valence-corrected chi connectivity index (χ3v) is 3.83. The van der Waals surface area contributed by atoms with E-state index in [2.05, 4.69) is 6.92 Å². The molecule has 1 aliphatic heterocycles. The van der Waals surface area contributed by atoms with E-state index < -0.39 is 0 Å². The molecule has 0 unspecified atom stereocenters. The maximum absolute atomic E-state index is 10.2. The predicted molar refractivity (Wildman–Crippen MR) is 68.2 cm³/mol. The average Bonchev–Trinajstić information content (AvgIpc) is 2.40. The molecule has 3 heteroatoms. The highest BCUT2D eigenvalue weighted by Crippen LogP contribution is 2.09. The first kappa shape index (κ1) is 12.6. The summed E-state index contributed by atoms with van der Waals surface area (Å²) in [4.78, 5) is 3.24. The van der Waals surface area contributed by atoms with Crippen molar-refractivity contribution in [2.75, 3.05) is 39.3 Å². The molecule has 0 spiro atoms. The van der Waals surface area contributed by atoms with Crippen LogP contribution < -0.4 is 9.80 Å². The van der Waals surface area contributed by atoms with Crippen LogP contribution in [0.4, 0.5) is 0 Å². The van der Waals surface area contributed by atoms with Crippen LogP contribution in [0, 0.1) is 0 Å². The van der Waals surface area contributed by atoms with Crippen LogP contribution in [0.3, 0.4) is 0 Å². The van der Waals surface area contributed by atoms with E-state index in [0.29, 0.717) is 0 Å². The Bertz CT molecular complexity index is 320. The number of hydrogen-bond donors (Lipinski definition) is 3. The molecule has 1 atom stereocenters. The van der Waals surface area contributed by atoms with Crippen LogP contribution in [0.2, 0.25) is 0 Å². The molecule has 2 rings (SSSR count). The quantitative estimate of drug-likeness (QED) is 0.585. The van der Waals surface area contributed by atoms with Gasteiger partial charge in [-0.15, -0.1) is 0 Å². The van der Waals surface area contributed by atoms with Crippen LogP contribution in [-0.2, 0) is 0 Å². The Hall–Kier alpha value is -0.900. The lowest BCUT2D eigenvalue weighted by atomic mass is 10.1. The fourth-order valence-electron chi connectivity index (χ4n) is 2.58. The summed E-state index contributed by atoms with van der Waals surface area (Å²) in [6.07, 6.45) is -0.311. The standard InChI is InChI=1S/C14H22N2O/c1-2-15-8-10-16(11-9-15)12-14(17)13-6-4-3-5-7-13/h3-7,14,17H,2,8-12H2,1H3/p+2/t14-/m1/s1. The summed E-state index contributed by atoms with van der Waals surface area (Å²) >= 11 is 0. The molecule has 94 valence electrons. The highest BCUT2D eigenvalue weighted by atomic mass is 16.3. The van der Waals surface area contributed by atoms with Crippen molar-refractivity contribution in [1.82, 2.24) is 0 Å². The zero-order chi connectivity index (χ0) is 12.1. The van der Waals surface area contributed by atoms with Gasteiger partial charge in [-0.05, 0) is 12.5 Å². The Morgan fingerprint density at radius 2 is 1.65 bits per heavy atom. The molecule has 0 aliphatic carbocycles. The second-order valence-corrected chi connectivity index (χ2v) is 4.98. The van der Waals surface area contributed by atoms with Gasteiger partial charge in [-0.3, -0.25) is 0 Å². The normalized spacial score (nSPS) is 26.7. The SMILES string of the molecule is CC[NH+]1CC[NH+](C[C@@H](O)c2ccccc2)CC1. The van der Waals surface area contributed by atoms with Crippen LogP contribution in [-0.4, -0.2) is 44.4 Å². The largest absolute Gasteiger partial charge is 0.382 e. The Balaban J connectivity index is 1.82. The molecule has 0 saturated carbocycles. The molecule has 3 N–H and O–H groups in total. The van der Waals surface area contributed by atoms with E-state index in [9.17, 15) is 5.11 Å². The third kappa shape index (κ3) is 3.53. The first-order valence-electron chi connectivity index (χ1n) is 6.69. The minimum Gasteiger partial charge on any atom is -0.382 e. The molecule has 1 fully saturated rings. The van der Waals surface area contributed by atoms with E-state index in [1.807, 2.05) is 30.3 Å². The highest BCUT2D eigenvalue weighted by molar-refractivity contribution is 5.17. The zero-order valence-corrected chi connectivity index (χ0v) is 10.7. The minimum absolute atomic E-state index is 0.311. The number of nitrogens with one attached hydrogen (secondary N) is 2. The summed E-state index contributed by atoms with van der Waals surface area (Å²) in [5.74, 6) is 0. The van der Waals surface area contributed by atoms with Gasteiger partial charge in [0.1, 0.15) is 38.8 Å². The van der Waals surface area contributed by atoms with Crippen molar-refractivity contribution in [2.45, 2.75) is 13.0 Å². The molecular weight excluding hydrogens is 212 g/mol. The van der Waals surface area contributed by atoms with E-state index in [1.165, 1.54) is 32.7 Å². The molecule has 1 saturated heterocycles. The summed E-state index contributed by atoms with van der Waals surface area (Å²) in [5, 5.41) is 10.2. The van der Waals surface area contributed by atoms with Gasteiger partial charge in [-0.2, -0.15) is 0 Å². The van der Waals surface area contributed by atoms with Crippen molar-refractivity contribution in [3.8, 4) is 0 Å². The lowest BCUT2D eigenvalue weighted by Crippen LogP contribution is -3.28. The first-order chi connectivity index (χ1) is 8.29. The summed E-state index contributed by atoms with van der Waals surface area (Å²) in [6.45, 7) is 9.19. The molecule has 1 aromatic carbocycles. The Morgan fingerprint density at radius 1 is 1.06 bits per heavy atom. The molecule has 0 bridgehead atoms. The third-order valence-electron chi connectivity index (χ3n) is 3.83. The van der Waals surface area contributed by atoms with Gasteiger partial charge in [0.25, 0.3) is 0 Å². The lowest BCUT2D eigenvalue weighted by Gasteiger charge is -2.30. The van der Waals surface area contributed by atoms with Crippen LogP contribution in [0.15, 0.2) is 30.3 Å². The van der Waals surface area contributed by atoms with E-state index in [4.69, 9.17) is 0 Å².